The maximum Gasteiger partial charge on any atom is 0.153 e. The van der Waals surface area contributed by atoms with Crippen LogP contribution in [0.3, 0.4) is 0 Å². The molecule has 0 saturated carbocycles. The highest BCUT2D eigenvalue weighted by Gasteiger charge is 2.44. The van der Waals surface area contributed by atoms with Gasteiger partial charge in [0, 0.05) is 38.4 Å². The molecule has 2 rings (SSSR count). The Morgan fingerprint density at radius 2 is 1.95 bits per heavy atom. The Labute approximate surface area is 121 Å². The number of amidine groups is 1. The predicted octanol–water partition coefficient (Wildman–Crippen LogP) is -0.101. The lowest BCUT2D eigenvalue weighted by Gasteiger charge is -2.51. The Hall–Kier alpha value is -1.11. The van der Waals surface area contributed by atoms with Crippen LogP contribution in [0.25, 0.3) is 0 Å². The molecule has 6 nitrogen and oxygen atoms in total. The standard InChI is InChI=1S/C14H26N4O2/c1-11(2)18-14(3,4)13(15-18)17-7-5-16(6-8-17)9-12(20)10-19/h12,19-20H,1,5-10H2,2-4H3/t12-/m1/s1. The summed E-state index contributed by atoms with van der Waals surface area (Å²) in [4.78, 5) is 4.49. The van der Waals surface area contributed by atoms with Gasteiger partial charge < -0.3 is 15.1 Å². The number of aliphatic hydroxyl groups is 2. The van der Waals surface area contributed by atoms with Crippen molar-refractivity contribution in [2.75, 3.05) is 39.3 Å². The predicted molar refractivity (Wildman–Crippen MR) is 79.3 cm³/mol. The summed E-state index contributed by atoms with van der Waals surface area (Å²) in [5.41, 5.74) is 0.877. The molecule has 6 heteroatoms. The monoisotopic (exact) mass is 282 g/mol. The molecule has 0 spiro atoms. The Bertz CT molecular complexity index is 400. The number of hydrogen-bond acceptors (Lipinski definition) is 6. The van der Waals surface area contributed by atoms with Crippen LogP contribution in [0.1, 0.15) is 20.8 Å². The first-order valence-corrected chi connectivity index (χ1v) is 7.17. The van der Waals surface area contributed by atoms with Gasteiger partial charge in [0.1, 0.15) is 5.54 Å². The molecule has 0 amide bonds. The zero-order valence-corrected chi connectivity index (χ0v) is 12.7. The number of hydrogen-bond donors (Lipinski definition) is 2. The highest BCUT2D eigenvalue weighted by Crippen LogP contribution is 2.32. The van der Waals surface area contributed by atoms with Gasteiger partial charge in [-0.05, 0) is 20.8 Å². The summed E-state index contributed by atoms with van der Waals surface area (Å²) in [5, 5.41) is 24.9. The molecule has 1 saturated heterocycles. The van der Waals surface area contributed by atoms with Gasteiger partial charge in [-0.25, -0.2) is 0 Å². The molecule has 2 heterocycles. The highest BCUT2D eigenvalue weighted by molar-refractivity contribution is 5.94. The van der Waals surface area contributed by atoms with E-state index < -0.39 is 6.10 Å². The van der Waals surface area contributed by atoms with Crippen molar-refractivity contribution in [2.24, 2.45) is 5.10 Å². The van der Waals surface area contributed by atoms with E-state index in [-0.39, 0.29) is 12.1 Å². The summed E-state index contributed by atoms with van der Waals surface area (Å²) >= 11 is 0. The Balaban J connectivity index is 1.89. The molecule has 2 N–H and O–H groups in total. The highest BCUT2D eigenvalue weighted by atomic mass is 16.3. The van der Waals surface area contributed by atoms with Gasteiger partial charge in [-0.3, -0.25) is 9.91 Å². The average molecular weight is 282 g/mol. The third kappa shape index (κ3) is 2.82. The van der Waals surface area contributed by atoms with Crippen molar-refractivity contribution in [3.05, 3.63) is 12.3 Å². The summed E-state index contributed by atoms with van der Waals surface area (Å²) < 4.78 is 0. The van der Waals surface area contributed by atoms with Crippen molar-refractivity contribution >= 4 is 5.84 Å². The first-order chi connectivity index (χ1) is 9.36. The van der Waals surface area contributed by atoms with Crippen LogP contribution in [0.4, 0.5) is 0 Å². The molecule has 2 aliphatic heterocycles. The van der Waals surface area contributed by atoms with E-state index in [9.17, 15) is 5.11 Å². The molecule has 0 aromatic rings. The average Bonchev–Trinajstić information content (AvgIpc) is 2.39. The van der Waals surface area contributed by atoms with Gasteiger partial charge in [-0.15, -0.1) is 0 Å². The van der Waals surface area contributed by atoms with Crippen LogP contribution >= 0.6 is 0 Å². The van der Waals surface area contributed by atoms with Gasteiger partial charge in [-0.1, -0.05) is 6.58 Å². The van der Waals surface area contributed by atoms with E-state index >= 15 is 0 Å². The van der Waals surface area contributed by atoms with E-state index in [1.807, 2.05) is 11.9 Å². The molecule has 0 bridgehead atoms. The molecule has 114 valence electrons. The van der Waals surface area contributed by atoms with E-state index in [4.69, 9.17) is 5.11 Å². The van der Waals surface area contributed by atoms with Crippen LogP contribution in [-0.2, 0) is 0 Å². The van der Waals surface area contributed by atoms with Crippen molar-refractivity contribution < 1.29 is 10.2 Å². The van der Waals surface area contributed by atoms with Crippen molar-refractivity contribution in [2.45, 2.75) is 32.4 Å². The van der Waals surface area contributed by atoms with E-state index in [1.54, 1.807) is 0 Å². The van der Waals surface area contributed by atoms with Crippen LogP contribution < -0.4 is 0 Å². The van der Waals surface area contributed by atoms with Crippen molar-refractivity contribution in [1.29, 1.82) is 0 Å². The first kappa shape index (κ1) is 15.3. The molecular formula is C14H26N4O2. The van der Waals surface area contributed by atoms with Crippen LogP contribution in [-0.4, -0.2) is 81.8 Å². The lowest BCUT2D eigenvalue weighted by molar-refractivity contribution is 0.0441. The van der Waals surface area contributed by atoms with Gasteiger partial charge >= 0.3 is 0 Å². The fraction of sp³-hybridized carbons (Fsp3) is 0.786. The van der Waals surface area contributed by atoms with Gasteiger partial charge in [0.2, 0.25) is 0 Å². The summed E-state index contributed by atoms with van der Waals surface area (Å²) in [5.74, 6) is 1.11. The molecule has 0 aliphatic carbocycles. The number of nitrogens with zero attached hydrogens (tertiary/aromatic N) is 4. The number of β-amino-alcohol motifs (C(OH)–C–C–N with tert-alkyl or cyclic N) is 1. The quantitative estimate of drug-likeness (QED) is 0.754. The molecule has 0 aromatic carbocycles. The topological polar surface area (TPSA) is 62.5 Å². The van der Waals surface area contributed by atoms with Gasteiger partial charge in [0.25, 0.3) is 0 Å². The molecule has 0 unspecified atom stereocenters. The summed E-state index contributed by atoms with van der Waals surface area (Å²) in [6.45, 7) is 14.2. The lowest BCUT2D eigenvalue weighted by Crippen LogP contribution is -2.64. The smallest absolute Gasteiger partial charge is 0.153 e. The normalized spacial score (nSPS) is 24.1. The summed E-state index contributed by atoms with van der Waals surface area (Å²) in [7, 11) is 0. The molecular weight excluding hydrogens is 256 g/mol. The second-order valence-electron chi connectivity index (χ2n) is 6.15. The third-order valence-corrected chi connectivity index (χ3v) is 3.98. The van der Waals surface area contributed by atoms with E-state index in [2.05, 4.69) is 35.3 Å². The zero-order chi connectivity index (χ0) is 14.9. The van der Waals surface area contributed by atoms with Gasteiger partial charge in [-0.2, -0.15) is 5.10 Å². The minimum atomic E-state index is -0.641. The Morgan fingerprint density at radius 1 is 1.35 bits per heavy atom. The second kappa shape index (κ2) is 5.71. The largest absolute Gasteiger partial charge is 0.394 e. The maximum atomic E-state index is 9.48. The number of rotatable bonds is 4. The third-order valence-electron chi connectivity index (χ3n) is 3.98. The molecule has 2 aliphatic rings. The minimum Gasteiger partial charge on any atom is -0.394 e. The maximum absolute atomic E-state index is 9.48. The molecule has 0 radical (unpaired) electrons. The van der Waals surface area contributed by atoms with E-state index in [1.165, 1.54) is 0 Å². The molecule has 20 heavy (non-hydrogen) atoms. The van der Waals surface area contributed by atoms with Crippen molar-refractivity contribution in [1.82, 2.24) is 14.8 Å². The number of allylic oxidation sites excluding steroid dienone is 1. The number of hydrazone groups is 1. The minimum absolute atomic E-state index is 0.0847. The van der Waals surface area contributed by atoms with Gasteiger partial charge in [0.15, 0.2) is 5.84 Å². The van der Waals surface area contributed by atoms with Gasteiger partial charge in [0.05, 0.1) is 12.7 Å². The Morgan fingerprint density at radius 3 is 2.40 bits per heavy atom. The van der Waals surface area contributed by atoms with Crippen LogP contribution in [0.5, 0.6) is 0 Å². The second-order valence-corrected chi connectivity index (χ2v) is 6.15. The fourth-order valence-electron chi connectivity index (χ4n) is 2.90. The number of aliphatic hydroxyl groups excluding tert-OH is 2. The molecule has 1 atom stereocenters. The SMILES string of the molecule is C=C(C)N1N=C(N2CCN(C[C@@H](O)CO)CC2)C1(C)C. The van der Waals surface area contributed by atoms with Crippen LogP contribution in [0.15, 0.2) is 17.4 Å². The Kier molecular flexibility index (Phi) is 4.36. The summed E-state index contributed by atoms with van der Waals surface area (Å²) in [6, 6.07) is 0. The fourth-order valence-corrected chi connectivity index (χ4v) is 2.90. The van der Waals surface area contributed by atoms with Crippen LogP contribution in [0.2, 0.25) is 0 Å². The number of piperazine rings is 1. The van der Waals surface area contributed by atoms with Crippen molar-refractivity contribution in [3.63, 3.8) is 0 Å². The van der Waals surface area contributed by atoms with E-state index in [0.717, 1.165) is 37.7 Å². The van der Waals surface area contributed by atoms with Crippen LogP contribution in [0, 0.1) is 0 Å². The zero-order valence-electron chi connectivity index (χ0n) is 12.7. The van der Waals surface area contributed by atoms with E-state index in [0.29, 0.717) is 6.54 Å². The first-order valence-electron chi connectivity index (χ1n) is 7.17. The molecule has 1 fully saturated rings. The summed E-state index contributed by atoms with van der Waals surface area (Å²) in [6.07, 6.45) is -0.641. The lowest BCUT2D eigenvalue weighted by atomic mass is 9.97. The van der Waals surface area contributed by atoms with Crippen molar-refractivity contribution in [3.8, 4) is 0 Å². The molecule has 0 aromatic heterocycles.